The fraction of sp³-hybridized carbons (Fsp3) is 0.300. The molecule has 0 saturated carbocycles. The van der Waals surface area contributed by atoms with E-state index in [9.17, 15) is 31.1 Å². The van der Waals surface area contributed by atoms with E-state index in [0.717, 1.165) is 0 Å². The second kappa shape index (κ2) is 4.63. The van der Waals surface area contributed by atoms with Crippen LogP contribution in [0.25, 0.3) is 0 Å². The minimum Gasteiger partial charge on any atom is -0.508 e. The zero-order valence-electron chi connectivity index (χ0n) is 9.19. The zero-order valence-corrected chi connectivity index (χ0v) is 9.19. The highest BCUT2D eigenvalue weighted by molar-refractivity contribution is 5.93. The molecule has 9 heteroatoms. The van der Waals surface area contributed by atoms with Crippen LogP contribution in [0.3, 0.4) is 0 Å². The summed E-state index contributed by atoms with van der Waals surface area (Å²) in [6.07, 6.45) is -10.5. The van der Waals surface area contributed by atoms with Gasteiger partial charge in [-0.1, -0.05) is 0 Å². The van der Waals surface area contributed by atoms with Crippen LogP contribution in [0.15, 0.2) is 12.1 Å². The first-order chi connectivity index (χ1) is 8.48. The SMILES string of the molecule is COC(=O)c1c(C(F)(F)F)cc(O)cc1C(F)(F)F. The largest absolute Gasteiger partial charge is 0.508 e. The smallest absolute Gasteiger partial charge is 0.417 e. The Morgan fingerprint density at radius 1 is 1.05 bits per heavy atom. The third kappa shape index (κ3) is 3.09. The summed E-state index contributed by atoms with van der Waals surface area (Å²) in [7, 11) is 0.648. The first-order valence-corrected chi connectivity index (χ1v) is 4.58. The van der Waals surface area contributed by atoms with Crippen LogP contribution in [0.2, 0.25) is 0 Å². The molecule has 0 aromatic heterocycles. The van der Waals surface area contributed by atoms with Gasteiger partial charge in [-0.25, -0.2) is 4.79 Å². The molecule has 0 amide bonds. The van der Waals surface area contributed by atoms with E-state index in [2.05, 4.69) is 4.74 Å². The summed E-state index contributed by atoms with van der Waals surface area (Å²) in [4.78, 5) is 11.2. The summed E-state index contributed by atoms with van der Waals surface area (Å²) in [5.41, 5.74) is -5.50. The minimum absolute atomic E-state index is 0.0293. The summed E-state index contributed by atoms with van der Waals surface area (Å²) >= 11 is 0. The number of halogens is 6. The fourth-order valence-electron chi connectivity index (χ4n) is 1.40. The van der Waals surface area contributed by atoms with Gasteiger partial charge in [0.2, 0.25) is 0 Å². The molecule has 0 saturated heterocycles. The number of hydrogen-bond donors (Lipinski definition) is 1. The van der Waals surface area contributed by atoms with Crippen LogP contribution in [0.1, 0.15) is 21.5 Å². The number of phenolic OH excluding ortho intramolecular Hbond substituents is 1. The Morgan fingerprint density at radius 3 is 1.68 bits per heavy atom. The molecule has 0 radical (unpaired) electrons. The summed E-state index contributed by atoms with van der Waals surface area (Å²) in [6, 6.07) is 0.0585. The molecule has 0 fully saturated rings. The van der Waals surface area contributed by atoms with Gasteiger partial charge in [-0.05, 0) is 12.1 Å². The number of phenols is 1. The number of esters is 1. The van der Waals surface area contributed by atoms with Crippen molar-refractivity contribution >= 4 is 5.97 Å². The molecule has 1 rings (SSSR count). The summed E-state index contributed by atoms with van der Waals surface area (Å²) in [6.45, 7) is 0. The third-order valence-corrected chi connectivity index (χ3v) is 2.12. The Hall–Kier alpha value is -1.93. The Bertz CT molecular complexity index is 468. The second-order valence-electron chi connectivity index (χ2n) is 3.40. The zero-order chi connectivity index (χ0) is 15.0. The predicted molar refractivity (Wildman–Crippen MR) is 49.5 cm³/mol. The number of methoxy groups -OCH3 is 1. The number of rotatable bonds is 1. The van der Waals surface area contributed by atoms with Crippen LogP contribution in [-0.4, -0.2) is 18.2 Å². The number of aromatic hydroxyl groups is 1. The van der Waals surface area contributed by atoms with Crippen LogP contribution in [0, 0.1) is 0 Å². The molecule has 1 aromatic rings. The van der Waals surface area contributed by atoms with Gasteiger partial charge in [0.05, 0.1) is 23.8 Å². The van der Waals surface area contributed by atoms with Crippen molar-refractivity contribution < 1.29 is 41.0 Å². The molecule has 0 atom stereocenters. The van der Waals surface area contributed by atoms with Gasteiger partial charge >= 0.3 is 18.3 Å². The lowest BCUT2D eigenvalue weighted by Gasteiger charge is -2.17. The molecule has 0 aliphatic heterocycles. The van der Waals surface area contributed by atoms with E-state index in [-0.39, 0.29) is 12.1 Å². The van der Waals surface area contributed by atoms with Crippen molar-refractivity contribution in [1.82, 2.24) is 0 Å². The van der Waals surface area contributed by atoms with Gasteiger partial charge in [0.25, 0.3) is 0 Å². The highest BCUT2D eigenvalue weighted by atomic mass is 19.4. The van der Waals surface area contributed by atoms with E-state index in [0.29, 0.717) is 7.11 Å². The Kier molecular flexibility index (Phi) is 3.69. The van der Waals surface area contributed by atoms with Crippen LogP contribution in [0.4, 0.5) is 26.3 Å². The topological polar surface area (TPSA) is 46.5 Å². The van der Waals surface area contributed by atoms with Crippen LogP contribution < -0.4 is 0 Å². The second-order valence-corrected chi connectivity index (χ2v) is 3.40. The fourth-order valence-corrected chi connectivity index (χ4v) is 1.40. The maximum atomic E-state index is 12.6. The monoisotopic (exact) mass is 288 g/mol. The van der Waals surface area contributed by atoms with Gasteiger partial charge in [0, 0.05) is 0 Å². The molecule has 0 unspecified atom stereocenters. The number of hydrogen-bond acceptors (Lipinski definition) is 3. The van der Waals surface area contributed by atoms with Crippen LogP contribution in [0.5, 0.6) is 5.75 Å². The average Bonchev–Trinajstić information content (AvgIpc) is 2.24. The highest BCUT2D eigenvalue weighted by Gasteiger charge is 2.44. The third-order valence-electron chi connectivity index (χ3n) is 2.12. The molecule has 19 heavy (non-hydrogen) atoms. The van der Waals surface area contributed by atoms with E-state index in [1.807, 2.05) is 0 Å². The van der Waals surface area contributed by atoms with Crippen LogP contribution in [-0.2, 0) is 17.1 Å². The Morgan fingerprint density at radius 2 is 1.42 bits per heavy atom. The Labute approximate surface area is 102 Å². The molecule has 0 aliphatic rings. The molecule has 0 spiro atoms. The van der Waals surface area contributed by atoms with E-state index in [4.69, 9.17) is 5.11 Å². The van der Waals surface area contributed by atoms with Crippen molar-refractivity contribution in [3.63, 3.8) is 0 Å². The number of ether oxygens (including phenoxy) is 1. The van der Waals surface area contributed by atoms with E-state index >= 15 is 0 Å². The van der Waals surface area contributed by atoms with E-state index in [1.165, 1.54) is 0 Å². The van der Waals surface area contributed by atoms with Crippen molar-refractivity contribution in [2.24, 2.45) is 0 Å². The standard InChI is InChI=1S/C10H6F6O3/c1-19-8(18)7-5(9(11,12)13)2-4(17)3-6(7)10(14,15)16/h2-3,17H,1H3. The van der Waals surface area contributed by atoms with Crippen molar-refractivity contribution in [2.75, 3.05) is 7.11 Å². The lowest BCUT2D eigenvalue weighted by atomic mass is 9.99. The van der Waals surface area contributed by atoms with E-state index < -0.39 is 40.8 Å². The van der Waals surface area contributed by atoms with Gasteiger partial charge in [0.1, 0.15) is 5.75 Å². The Balaban J connectivity index is 3.74. The van der Waals surface area contributed by atoms with Gasteiger partial charge in [-0.3, -0.25) is 0 Å². The normalized spacial score (nSPS) is 12.4. The number of carbonyl (C=O) groups is 1. The lowest BCUT2D eigenvalue weighted by molar-refractivity contribution is -0.144. The summed E-state index contributed by atoms with van der Waals surface area (Å²) in [5, 5.41) is 8.95. The maximum absolute atomic E-state index is 12.6. The molecule has 1 N–H and O–H groups in total. The van der Waals surface area contributed by atoms with Gasteiger partial charge in [0.15, 0.2) is 0 Å². The number of carbonyl (C=O) groups excluding carboxylic acids is 1. The molecular weight excluding hydrogens is 282 g/mol. The molecule has 0 bridgehead atoms. The number of alkyl halides is 6. The molecule has 1 aromatic carbocycles. The quantitative estimate of drug-likeness (QED) is 0.637. The van der Waals surface area contributed by atoms with Gasteiger partial charge in [-0.2, -0.15) is 26.3 Å². The first-order valence-electron chi connectivity index (χ1n) is 4.58. The molecule has 0 aliphatic carbocycles. The van der Waals surface area contributed by atoms with Crippen molar-refractivity contribution in [2.45, 2.75) is 12.4 Å². The number of benzene rings is 1. The van der Waals surface area contributed by atoms with Crippen LogP contribution >= 0.6 is 0 Å². The molecule has 106 valence electrons. The summed E-state index contributed by atoms with van der Waals surface area (Å²) in [5.74, 6) is -3.05. The highest BCUT2D eigenvalue weighted by Crippen LogP contribution is 2.41. The van der Waals surface area contributed by atoms with Gasteiger partial charge < -0.3 is 9.84 Å². The first kappa shape index (κ1) is 15.1. The van der Waals surface area contributed by atoms with Crippen molar-refractivity contribution in [3.05, 3.63) is 28.8 Å². The minimum atomic E-state index is -5.25. The van der Waals surface area contributed by atoms with Crippen molar-refractivity contribution in [1.29, 1.82) is 0 Å². The van der Waals surface area contributed by atoms with E-state index in [1.54, 1.807) is 0 Å². The molecule has 3 nitrogen and oxygen atoms in total. The summed E-state index contributed by atoms with van der Waals surface area (Å²) < 4.78 is 79.6. The predicted octanol–water partition coefficient (Wildman–Crippen LogP) is 3.22. The average molecular weight is 288 g/mol. The lowest BCUT2D eigenvalue weighted by Crippen LogP contribution is -2.20. The molecular formula is C10H6F6O3. The van der Waals surface area contributed by atoms with Crippen molar-refractivity contribution in [3.8, 4) is 5.75 Å². The van der Waals surface area contributed by atoms with Gasteiger partial charge in [-0.15, -0.1) is 0 Å². The molecule has 0 heterocycles. The maximum Gasteiger partial charge on any atom is 0.417 e.